The summed E-state index contributed by atoms with van der Waals surface area (Å²) in [6, 6.07) is 4.83. The average Bonchev–Trinajstić information content (AvgIpc) is 3.09. The van der Waals surface area contributed by atoms with Gasteiger partial charge in [-0.05, 0) is 37.1 Å². The minimum absolute atomic E-state index is 0.475. The van der Waals surface area contributed by atoms with Gasteiger partial charge in [0, 0.05) is 45.8 Å². The molecule has 21 heavy (non-hydrogen) atoms. The summed E-state index contributed by atoms with van der Waals surface area (Å²) < 4.78 is 2.10. The molecule has 1 fully saturated rings. The first-order valence-corrected chi connectivity index (χ1v) is 7.48. The summed E-state index contributed by atoms with van der Waals surface area (Å²) in [6.07, 6.45) is 8.26. The quantitative estimate of drug-likeness (QED) is 0.863. The van der Waals surface area contributed by atoms with Crippen LogP contribution in [0, 0.1) is 0 Å². The lowest BCUT2D eigenvalue weighted by atomic mass is 10.1. The Kier molecular flexibility index (Phi) is 3.92. The molecule has 3 heterocycles. The largest absolute Gasteiger partial charge is 0.363 e. The second-order valence-corrected chi connectivity index (χ2v) is 5.92. The normalized spacial score (nSPS) is 19.1. The van der Waals surface area contributed by atoms with E-state index in [1.165, 1.54) is 18.4 Å². The predicted octanol–water partition coefficient (Wildman–Crippen LogP) is 2.22. The van der Waals surface area contributed by atoms with Crippen molar-refractivity contribution in [2.75, 3.05) is 25.5 Å². The van der Waals surface area contributed by atoms with Crippen molar-refractivity contribution >= 4 is 5.82 Å². The van der Waals surface area contributed by atoms with Crippen molar-refractivity contribution in [3.05, 3.63) is 42.1 Å². The second kappa shape index (κ2) is 5.85. The van der Waals surface area contributed by atoms with Gasteiger partial charge in [0.25, 0.3) is 0 Å². The van der Waals surface area contributed by atoms with E-state index in [0.717, 1.165) is 24.7 Å². The highest BCUT2D eigenvalue weighted by Crippen LogP contribution is 2.33. The van der Waals surface area contributed by atoms with Crippen molar-refractivity contribution in [2.45, 2.75) is 25.4 Å². The molecule has 0 aliphatic carbocycles. The number of rotatable bonds is 4. The number of nitrogens with zero attached hydrogens (tertiary/aromatic N) is 5. The number of likely N-dealkylation sites (tertiary alicyclic amines) is 1. The maximum atomic E-state index is 4.45. The lowest BCUT2D eigenvalue weighted by Crippen LogP contribution is -2.24. The van der Waals surface area contributed by atoms with Crippen molar-refractivity contribution < 1.29 is 0 Å². The lowest BCUT2D eigenvalue weighted by Gasteiger charge is -2.25. The van der Waals surface area contributed by atoms with Gasteiger partial charge in [0.15, 0.2) is 0 Å². The molecular weight excluding hydrogens is 262 g/mol. The first-order valence-electron chi connectivity index (χ1n) is 7.48. The van der Waals surface area contributed by atoms with Crippen LogP contribution in [0.3, 0.4) is 0 Å². The van der Waals surface area contributed by atoms with Crippen LogP contribution in [0.2, 0.25) is 0 Å². The van der Waals surface area contributed by atoms with Crippen LogP contribution in [0.25, 0.3) is 0 Å². The third-order valence-corrected chi connectivity index (χ3v) is 4.24. The SMILES string of the molecule is CN(C)c1cc([C@@H]2CCCN2Cc2nccn2C)ccn1. The summed E-state index contributed by atoms with van der Waals surface area (Å²) in [7, 11) is 6.13. The van der Waals surface area contributed by atoms with E-state index in [0.29, 0.717) is 6.04 Å². The molecule has 0 radical (unpaired) electrons. The molecule has 1 aliphatic heterocycles. The molecular formula is C16H23N5. The molecule has 0 saturated carbocycles. The lowest BCUT2D eigenvalue weighted by molar-refractivity contribution is 0.240. The predicted molar refractivity (Wildman–Crippen MR) is 84.2 cm³/mol. The van der Waals surface area contributed by atoms with Crippen LogP contribution in [0.4, 0.5) is 5.82 Å². The van der Waals surface area contributed by atoms with Crippen LogP contribution in [-0.4, -0.2) is 40.1 Å². The summed E-state index contributed by atoms with van der Waals surface area (Å²) >= 11 is 0. The van der Waals surface area contributed by atoms with Crippen molar-refractivity contribution in [2.24, 2.45) is 7.05 Å². The van der Waals surface area contributed by atoms with Gasteiger partial charge in [-0.15, -0.1) is 0 Å². The molecule has 1 saturated heterocycles. The Hall–Kier alpha value is -1.88. The first-order chi connectivity index (χ1) is 10.1. The first kappa shape index (κ1) is 14.1. The highest BCUT2D eigenvalue weighted by atomic mass is 15.2. The topological polar surface area (TPSA) is 37.2 Å². The minimum Gasteiger partial charge on any atom is -0.363 e. The zero-order valence-electron chi connectivity index (χ0n) is 13.0. The zero-order valence-corrected chi connectivity index (χ0v) is 13.0. The summed E-state index contributed by atoms with van der Waals surface area (Å²) in [5.41, 5.74) is 1.36. The van der Waals surface area contributed by atoms with Crippen molar-refractivity contribution in [1.29, 1.82) is 0 Å². The molecule has 2 aromatic rings. The molecule has 0 amide bonds. The summed E-state index contributed by atoms with van der Waals surface area (Å²) in [5.74, 6) is 2.15. The summed E-state index contributed by atoms with van der Waals surface area (Å²) in [6.45, 7) is 2.05. The fraction of sp³-hybridized carbons (Fsp3) is 0.500. The summed E-state index contributed by atoms with van der Waals surface area (Å²) in [5, 5.41) is 0. The highest BCUT2D eigenvalue weighted by molar-refractivity contribution is 5.40. The molecule has 0 bridgehead atoms. The molecule has 2 aromatic heterocycles. The number of aromatic nitrogens is 3. The van der Waals surface area contributed by atoms with Crippen LogP contribution in [-0.2, 0) is 13.6 Å². The van der Waals surface area contributed by atoms with Crippen molar-refractivity contribution in [3.8, 4) is 0 Å². The van der Waals surface area contributed by atoms with Gasteiger partial charge < -0.3 is 9.47 Å². The Morgan fingerprint density at radius 2 is 2.14 bits per heavy atom. The smallest absolute Gasteiger partial charge is 0.128 e. The standard InChI is InChI=1S/C16H23N5/c1-19(2)15-11-13(6-7-17-15)14-5-4-9-21(14)12-16-18-8-10-20(16)3/h6-8,10-11,14H,4-5,9,12H2,1-3H3/t14-/m0/s1. The number of pyridine rings is 1. The van der Waals surface area contributed by atoms with Gasteiger partial charge in [0.1, 0.15) is 11.6 Å². The molecule has 0 N–H and O–H groups in total. The molecule has 112 valence electrons. The Balaban J connectivity index is 1.80. The van der Waals surface area contributed by atoms with E-state index in [2.05, 4.69) is 43.5 Å². The van der Waals surface area contributed by atoms with E-state index >= 15 is 0 Å². The number of aryl methyl sites for hydroxylation is 1. The molecule has 1 aliphatic rings. The Morgan fingerprint density at radius 1 is 1.29 bits per heavy atom. The maximum Gasteiger partial charge on any atom is 0.128 e. The zero-order chi connectivity index (χ0) is 14.8. The average molecular weight is 285 g/mol. The number of anilines is 1. The van der Waals surface area contributed by atoms with E-state index in [1.807, 2.05) is 32.7 Å². The second-order valence-electron chi connectivity index (χ2n) is 5.92. The van der Waals surface area contributed by atoms with Crippen LogP contribution >= 0.6 is 0 Å². The van der Waals surface area contributed by atoms with Gasteiger partial charge in [0.05, 0.1) is 6.54 Å². The number of imidazole rings is 1. The van der Waals surface area contributed by atoms with Gasteiger partial charge in [-0.3, -0.25) is 4.90 Å². The molecule has 1 atom stereocenters. The van der Waals surface area contributed by atoms with Crippen LogP contribution < -0.4 is 4.90 Å². The molecule has 3 rings (SSSR count). The van der Waals surface area contributed by atoms with E-state index in [-0.39, 0.29) is 0 Å². The fourth-order valence-corrected chi connectivity index (χ4v) is 3.01. The van der Waals surface area contributed by atoms with Crippen molar-refractivity contribution in [1.82, 2.24) is 19.4 Å². The summed E-state index contributed by atoms with van der Waals surface area (Å²) in [4.78, 5) is 13.5. The maximum absolute atomic E-state index is 4.45. The van der Waals surface area contributed by atoms with Crippen molar-refractivity contribution in [3.63, 3.8) is 0 Å². The fourth-order valence-electron chi connectivity index (χ4n) is 3.01. The van der Waals surface area contributed by atoms with Gasteiger partial charge in [0.2, 0.25) is 0 Å². The Labute approximate surface area is 126 Å². The molecule has 0 unspecified atom stereocenters. The van der Waals surface area contributed by atoms with Crippen LogP contribution in [0.15, 0.2) is 30.7 Å². The third kappa shape index (κ3) is 2.93. The van der Waals surface area contributed by atoms with Crippen LogP contribution in [0.5, 0.6) is 0 Å². The van der Waals surface area contributed by atoms with E-state index in [4.69, 9.17) is 0 Å². The molecule has 0 aromatic carbocycles. The Bertz CT molecular complexity index is 604. The van der Waals surface area contributed by atoms with Crippen LogP contribution in [0.1, 0.15) is 30.3 Å². The number of hydrogen-bond donors (Lipinski definition) is 0. The monoisotopic (exact) mass is 285 g/mol. The van der Waals surface area contributed by atoms with Gasteiger partial charge >= 0.3 is 0 Å². The van der Waals surface area contributed by atoms with Gasteiger partial charge in [-0.2, -0.15) is 0 Å². The van der Waals surface area contributed by atoms with Gasteiger partial charge in [-0.1, -0.05) is 0 Å². The minimum atomic E-state index is 0.475. The van der Waals surface area contributed by atoms with E-state index < -0.39 is 0 Å². The highest BCUT2D eigenvalue weighted by Gasteiger charge is 2.27. The number of hydrogen-bond acceptors (Lipinski definition) is 4. The third-order valence-electron chi connectivity index (χ3n) is 4.24. The van der Waals surface area contributed by atoms with E-state index in [9.17, 15) is 0 Å². The Morgan fingerprint density at radius 3 is 2.86 bits per heavy atom. The molecule has 5 nitrogen and oxygen atoms in total. The van der Waals surface area contributed by atoms with E-state index in [1.54, 1.807) is 0 Å². The molecule has 5 heteroatoms. The van der Waals surface area contributed by atoms with Gasteiger partial charge in [-0.25, -0.2) is 9.97 Å². The molecule has 0 spiro atoms.